The first-order valence-corrected chi connectivity index (χ1v) is 5.77. The van der Waals surface area contributed by atoms with Crippen molar-refractivity contribution in [1.29, 1.82) is 0 Å². The SMILES string of the molecule is Cc1cc(F)c(C(N)c2ccsc2)cc1F. The minimum absolute atomic E-state index is 0.196. The molecule has 2 N–H and O–H groups in total. The van der Waals surface area contributed by atoms with Crippen molar-refractivity contribution in [2.24, 2.45) is 5.73 Å². The van der Waals surface area contributed by atoms with Crippen LogP contribution in [-0.4, -0.2) is 0 Å². The second-order valence-electron chi connectivity index (χ2n) is 3.66. The van der Waals surface area contributed by atoms with Gasteiger partial charge in [0.2, 0.25) is 0 Å². The van der Waals surface area contributed by atoms with E-state index in [-0.39, 0.29) is 5.56 Å². The number of halogens is 2. The highest BCUT2D eigenvalue weighted by Crippen LogP contribution is 2.25. The van der Waals surface area contributed by atoms with Gasteiger partial charge in [-0.15, -0.1) is 0 Å². The molecule has 0 spiro atoms. The van der Waals surface area contributed by atoms with Gasteiger partial charge in [-0.1, -0.05) is 0 Å². The molecule has 0 aliphatic rings. The normalized spacial score (nSPS) is 12.8. The van der Waals surface area contributed by atoms with Crippen molar-refractivity contribution < 1.29 is 8.78 Å². The Morgan fingerprint density at radius 3 is 2.62 bits per heavy atom. The predicted octanol–water partition coefficient (Wildman–Crippen LogP) is 3.38. The van der Waals surface area contributed by atoms with Crippen LogP contribution in [0.15, 0.2) is 29.0 Å². The van der Waals surface area contributed by atoms with Gasteiger partial charge in [0.15, 0.2) is 0 Å². The first-order valence-electron chi connectivity index (χ1n) is 4.83. The lowest BCUT2D eigenvalue weighted by atomic mass is 10.00. The van der Waals surface area contributed by atoms with Crippen LogP contribution in [0.3, 0.4) is 0 Å². The minimum Gasteiger partial charge on any atom is -0.320 e. The Morgan fingerprint density at radius 2 is 2.00 bits per heavy atom. The van der Waals surface area contributed by atoms with E-state index in [9.17, 15) is 8.78 Å². The third-order valence-corrected chi connectivity index (χ3v) is 3.22. The Hall–Kier alpha value is -1.26. The van der Waals surface area contributed by atoms with Crippen molar-refractivity contribution in [2.75, 3.05) is 0 Å². The molecular formula is C12H11F2NS. The molecule has 4 heteroatoms. The van der Waals surface area contributed by atoms with Crippen LogP contribution in [-0.2, 0) is 0 Å². The third-order valence-electron chi connectivity index (χ3n) is 2.52. The summed E-state index contributed by atoms with van der Waals surface area (Å²) in [7, 11) is 0. The summed E-state index contributed by atoms with van der Waals surface area (Å²) in [5.74, 6) is -0.889. The van der Waals surface area contributed by atoms with Gasteiger partial charge < -0.3 is 5.73 Å². The summed E-state index contributed by atoms with van der Waals surface area (Å²) >= 11 is 1.48. The molecule has 0 bridgehead atoms. The van der Waals surface area contributed by atoms with Crippen molar-refractivity contribution in [3.05, 3.63) is 57.3 Å². The molecule has 0 aliphatic carbocycles. The maximum atomic E-state index is 13.6. The van der Waals surface area contributed by atoms with Gasteiger partial charge in [0.05, 0.1) is 6.04 Å². The van der Waals surface area contributed by atoms with E-state index >= 15 is 0 Å². The molecule has 0 fully saturated rings. The van der Waals surface area contributed by atoms with Gasteiger partial charge in [-0.25, -0.2) is 8.78 Å². The zero-order valence-corrected chi connectivity index (χ0v) is 9.52. The fourth-order valence-corrected chi connectivity index (χ4v) is 2.23. The topological polar surface area (TPSA) is 26.0 Å². The van der Waals surface area contributed by atoms with Crippen LogP contribution in [0, 0.1) is 18.6 Å². The molecule has 1 unspecified atom stereocenters. The van der Waals surface area contributed by atoms with Gasteiger partial charge >= 0.3 is 0 Å². The fraction of sp³-hybridized carbons (Fsp3) is 0.167. The molecule has 1 nitrogen and oxygen atoms in total. The monoisotopic (exact) mass is 239 g/mol. The number of rotatable bonds is 2. The van der Waals surface area contributed by atoms with E-state index in [0.717, 1.165) is 5.56 Å². The van der Waals surface area contributed by atoms with Crippen molar-refractivity contribution in [1.82, 2.24) is 0 Å². The Bertz CT molecular complexity index is 494. The second-order valence-corrected chi connectivity index (χ2v) is 4.44. The standard InChI is InChI=1S/C12H11F2NS/c1-7-4-11(14)9(5-10(7)13)12(15)8-2-3-16-6-8/h2-6,12H,15H2,1H3. The molecule has 0 saturated carbocycles. The van der Waals surface area contributed by atoms with Crippen LogP contribution < -0.4 is 5.73 Å². The van der Waals surface area contributed by atoms with Crippen molar-refractivity contribution in [3.63, 3.8) is 0 Å². The van der Waals surface area contributed by atoms with Crippen LogP contribution in [0.4, 0.5) is 8.78 Å². The maximum Gasteiger partial charge on any atom is 0.128 e. The lowest BCUT2D eigenvalue weighted by Gasteiger charge is -2.12. The molecule has 1 heterocycles. The summed E-state index contributed by atoms with van der Waals surface area (Å²) in [6, 6.07) is 3.55. The van der Waals surface area contributed by atoms with Crippen molar-refractivity contribution in [2.45, 2.75) is 13.0 Å². The first kappa shape index (κ1) is 11.2. The van der Waals surface area contributed by atoms with Gasteiger partial charge in [-0.05, 0) is 47.0 Å². The summed E-state index contributed by atoms with van der Waals surface area (Å²) in [6.45, 7) is 1.53. The molecule has 1 aromatic carbocycles. The lowest BCUT2D eigenvalue weighted by molar-refractivity contribution is 0.571. The van der Waals surface area contributed by atoms with Crippen LogP contribution in [0.2, 0.25) is 0 Å². The van der Waals surface area contributed by atoms with Gasteiger partial charge in [0.1, 0.15) is 11.6 Å². The van der Waals surface area contributed by atoms with E-state index in [1.807, 2.05) is 16.8 Å². The average Bonchev–Trinajstić information content (AvgIpc) is 2.75. The molecule has 0 amide bonds. The molecule has 0 radical (unpaired) electrons. The molecule has 16 heavy (non-hydrogen) atoms. The highest BCUT2D eigenvalue weighted by atomic mass is 32.1. The summed E-state index contributed by atoms with van der Waals surface area (Å²) in [5.41, 5.74) is 7.17. The van der Waals surface area contributed by atoms with Gasteiger partial charge in [0.25, 0.3) is 0 Å². The molecule has 84 valence electrons. The van der Waals surface area contributed by atoms with Crippen LogP contribution in [0.5, 0.6) is 0 Å². The number of hydrogen-bond donors (Lipinski definition) is 1. The lowest BCUT2D eigenvalue weighted by Crippen LogP contribution is -2.13. The summed E-state index contributed by atoms with van der Waals surface area (Å²) < 4.78 is 27.0. The van der Waals surface area contributed by atoms with E-state index in [1.165, 1.54) is 30.4 Å². The smallest absolute Gasteiger partial charge is 0.128 e. The van der Waals surface area contributed by atoms with Crippen LogP contribution >= 0.6 is 11.3 Å². The third kappa shape index (κ3) is 1.99. The summed E-state index contributed by atoms with van der Waals surface area (Å²) in [4.78, 5) is 0. The van der Waals surface area contributed by atoms with E-state index in [1.54, 1.807) is 0 Å². The predicted molar refractivity (Wildman–Crippen MR) is 61.4 cm³/mol. The number of thiophene rings is 1. The number of hydrogen-bond acceptors (Lipinski definition) is 2. The van der Waals surface area contributed by atoms with E-state index in [2.05, 4.69) is 0 Å². The van der Waals surface area contributed by atoms with Gasteiger partial charge in [-0.2, -0.15) is 11.3 Å². The zero-order valence-electron chi connectivity index (χ0n) is 8.71. The minimum atomic E-state index is -0.610. The van der Waals surface area contributed by atoms with Gasteiger partial charge in [-0.3, -0.25) is 0 Å². The second kappa shape index (κ2) is 4.31. The Morgan fingerprint density at radius 1 is 1.25 bits per heavy atom. The van der Waals surface area contributed by atoms with E-state index in [0.29, 0.717) is 5.56 Å². The van der Waals surface area contributed by atoms with Crippen molar-refractivity contribution >= 4 is 11.3 Å². The average molecular weight is 239 g/mol. The highest BCUT2D eigenvalue weighted by molar-refractivity contribution is 7.08. The molecule has 1 aromatic heterocycles. The molecule has 2 aromatic rings. The molecule has 0 aliphatic heterocycles. The van der Waals surface area contributed by atoms with Gasteiger partial charge in [0, 0.05) is 5.56 Å². The number of nitrogens with two attached hydrogens (primary N) is 1. The summed E-state index contributed by atoms with van der Waals surface area (Å²) in [6.07, 6.45) is 0. The maximum absolute atomic E-state index is 13.6. The van der Waals surface area contributed by atoms with Crippen LogP contribution in [0.1, 0.15) is 22.7 Å². The Labute approximate surface area is 96.5 Å². The number of benzene rings is 1. The summed E-state index contributed by atoms with van der Waals surface area (Å²) in [5, 5.41) is 3.69. The number of aryl methyl sites for hydroxylation is 1. The molecular weight excluding hydrogens is 228 g/mol. The van der Waals surface area contributed by atoms with Crippen molar-refractivity contribution in [3.8, 4) is 0 Å². The zero-order chi connectivity index (χ0) is 11.7. The van der Waals surface area contributed by atoms with E-state index < -0.39 is 17.7 Å². The largest absolute Gasteiger partial charge is 0.320 e. The first-order chi connectivity index (χ1) is 7.59. The molecule has 0 saturated heterocycles. The highest BCUT2D eigenvalue weighted by Gasteiger charge is 2.16. The molecule has 1 atom stereocenters. The quantitative estimate of drug-likeness (QED) is 0.854. The Kier molecular flexibility index (Phi) is 3.03. The fourth-order valence-electron chi connectivity index (χ4n) is 1.53. The Balaban J connectivity index is 2.44. The molecule has 2 rings (SSSR count). The van der Waals surface area contributed by atoms with Crippen LogP contribution in [0.25, 0.3) is 0 Å². The van der Waals surface area contributed by atoms with E-state index in [4.69, 9.17) is 5.73 Å².